The van der Waals surface area contributed by atoms with Crippen LogP contribution in [0.15, 0.2) is 16.8 Å². The summed E-state index contributed by atoms with van der Waals surface area (Å²) in [7, 11) is 0. The summed E-state index contributed by atoms with van der Waals surface area (Å²) in [5, 5.41) is 12.9. The zero-order valence-corrected chi connectivity index (χ0v) is 9.78. The Labute approximate surface area is 98.4 Å². The first kappa shape index (κ1) is 11.6. The van der Waals surface area contributed by atoms with E-state index >= 15 is 0 Å². The quantitative estimate of drug-likeness (QED) is 0.866. The van der Waals surface area contributed by atoms with Crippen LogP contribution in [0.25, 0.3) is 0 Å². The molecular formula is C11H15NO3S. The molecule has 1 aromatic heterocycles. The molecule has 1 aromatic rings. The van der Waals surface area contributed by atoms with E-state index in [-0.39, 0.29) is 12.5 Å². The lowest BCUT2D eigenvalue weighted by molar-refractivity contribution is -0.142. The molecule has 2 rings (SSSR count). The lowest BCUT2D eigenvalue weighted by atomic mass is 10.2. The Morgan fingerprint density at radius 2 is 2.56 bits per heavy atom. The van der Waals surface area contributed by atoms with E-state index in [1.807, 2.05) is 0 Å². The minimum Gasteiger partial charge on any atom is -0.481 e. The zero-order valence-electron chi connectivity index (χ0n) is 8.96. The van der Waals surface area contributed by atoms with Gasteiger partial charge in [-0.15, -0.1) is 0 Å². The van der Waals surface area contributed by atoms with Crippen LogP contribution in [0.5, 0.6) is 0 Å². The fourth-order valence-corrected chi connectivity index (χ4v) is 2.54. The molecule has 0 spiro atoms. The SMILES string of the molecule is O=C(O)CC1CN(Cc2ccsc2)CCO1. The van der Waals surface area contributed by atoms with Crippen molar-refractivity contribution in [2.24, 2.45) is 0 Å². The van der Waals surface area contributed by atoms with Crippen LogP contribution in [-0.4, -0.2) is 41.8 Å². The van der Waals surface area contributed by atoms with E-state index in [1.54, 1.807) is 11.3 Å². The summed E-state index contributed by atoms with van der Waals surface area (Å²) in [6.07, 6.45) is -0.0648. The van der Waals surface area contributed by atoms with Crippen molar-refractivity contribution in [3.05, 3.63) is 22.4 Å². The number of carbonyl (C=O) groups is 1. The normalized spacial score (nSPS) is 22.1. The van der Waals surface area contributed by atoms with Crippen LogP contribution in [0, 0.1) is 0 Å². The number of nitrogens with zero attached hydrogens (tertiary/aromatic N) is 1. The summed E-state index contributed by atoms with van der Waals surface area (Å²) >= 11 is 1.69. The predicted molar refractivity (Wildman–Crippen MR) is 61.6 cm³/mol. The molecule has 1 aliphatic rings. The van der Waals surface area contributed by atoms with Gasteiger partial charge in [-0.3, -0.25) is 9.69 Å². The van der Waals surface area contributed by atoms with Crippen molar-refractivity contribution in [2.75, 3.05) is 19.7 Å². The highest BCUT2D eigenvalue weighted by atomic mass is 32.1. The third-order valence-electron chi connectivity index (χ3n) is 2.61. The molecule has 0 aliphatic carbocycles. The minimum absolute atomic E-state index is 0.0974. The first-order chi connectivity index (χ1) is 7.74. The zero-order chi connectivity index (χ0) is 11.4. The maximum atomic E-state index is 10.6. The second-order valence-electron chi connectivity index (χ2n) is 3.96. The molecule has 0 saturated carbocycles. The Hall–Kier alpha value is -0.910. The number of carboxylic acid groups (broad SMARTS) is 1. The van der Waals surface area contributed by atoms with Gasteiger partial charge >= 0.3 is 5.97 Å². The molecule has 1 saturated heterocycles. The van der Waals surface area contributed by atoms with Gasteiger partial charge in [0.2, 0.25) is 0 Å². The van der Waals surface area contributed by atoms with Crippen molar-refractivity contribution in [1.82, 2.24) is 4.90 Å². The van der Waals surface area contributed by atoms with Gasteiger partial charge in [-0.1, -0.05) is 0 Å². The van der Waals surface area contributed by atoms with Crippen molar-refractivity contribution >= 4 is 17.3 Å². The molecule has 0 aromatic carbocycles. The van der Waals surface area contributed by atoms with E-state index in [0.717, 1.165) is 13.1 Å². The highest BCUT2D eigenvalue weighted by molar-refractivity contribution is 7.07. The van der Waals surface area contributed by atoms with Crippen LogP contribution in [0.1, 0.15) is 12.0 Å². The number of aliphatic carboxylic acids is 1. The van der Waals surface area contributed by atoms with Crippen LogP contribution < -0.4 is 0 Å². The molecule has 4 nitrogen and oxygen atoms in total. The Morgan fingerprint density at radius 1 is 1.69 bits per heavy atom. The third kappa shape index (κ3) is 3.30. The van der Waals surface area contributed by atoms with Crippen LogP contribution in [-0.2, 0) is 16.1 Å². The summed E-state index contributed by atoms with van der Waals surface area (Å²) in [6.45, 7) is 3.11. The first-order valence-electron chi connectivity index (χ1n) is 5.31. The molecule has 0 radical (unpaired) electrons. The Kier molecular flexibility index (Phi) is 3.93. The molecule has 88 valence electrons. The average Bonchev–Trinajstić information content (AvgIpc) is 2.70. The monoisotopic (exact) mass is 241 g/mol. The molecular weight excluding hydrogens is 226 g/mol. The smallest absolute Gasteiger partial charge is 0.306 e. The van der Waals surface area contributed by atoms with Gasteiger partial charge in [0.15, 0.2) is 0 Å². The Bertz CT molecular complexity index is 339. The Balaban J connectivity index is 1.84. The van der Waals surface area contributed by atoms with Gasteiger partial charge in [0, 0.05) is 19.6 Å². The molecule has 2 heterocycles. The number of hydrogen-bond donors (Lipinski definition) is 1. The van der Waals surface area contributed by atoms with E-state index in [1.165, 1.54) is 5.56 Å². The highest BCUT2D eigenvalue weighted by Crippen LogP contribution is 2.14. The van der Waals surface area contributed by atoms with Crippen molar-refractivity contribution in [2.45, 2.75) is 19.1 Å². The maximum Gasteiger partial charge on any atom is 0.306 e. The van der Waals surface area contributed by atoms with Gasteiger partial charge < -0.3 is 9.84 Å². The van der Waals surface area contributed by atoms with E-state index in [9.17, 15) is 4.79 Å². The lowest BCUT2D eigenvalue weighted by Gasteiger charge is -2.32. The van der Waals surface area contributed by atoms with Gasteiger partial charge in [0.25, 0.3) is 0 Å². The highest BCUT2D eigenvalue weighted by Gasteiger charge is 2.22. The van der Waals surface area contributed by atoms with Crippen molar-refractivity contribution in [1.29, 1.82) is 0 Å². The number of thiophene rings is 1. The number of carboxylic acids is 1. The topological polar surface area (TPSA) is 49.8 Å². The van der Waals surface area contributed by atoms with E-state index in [2.05, 4.69) is 21.7 Å². The van der Waals surface area contributed by atoms with Crippen LogP contribution in [0.4, 0.5) is 0 Å². The van der Waals surface area contributed by atoms with Gasteiger partial charge in [-0.05, 0) is 22.4 Å². The number of ether oxygens (including phenoxy) is 1. The van der Waals surface area contributed by atoms with Crippen LogP contribution in [0.2, 0.25) is 0 Å². The molecule has 1 unspecified atom stereocenters. The summed E-state index contributed by atoms with van der Waals surface area (Å²) in [6, 6.07) is 2.10. The predicted octanol–water partition coefficient (Wildman–Crippen LogP) is 1.42. The van der Waals surface area contributed by atoms with Gasteiger partial charge in [-0.2, -0.15) is 11.3 Å². The van der Waals surface area contributed by atoms with E-state index < -0.39 is 5.97 Å². The lowest BCUT2D eigenvalue weighted by Crippen LogP contribution is -2.42. The molecule has 0 bridgehead atoms. The summed E-state index contributed by atoms with van der Waals surface area (Å²) in [5.74, 6) is -0.789. The van der Waals surface area contributed by atoms with Crippen LogP contribution >= 0.6 is 11.3 Å². The van der Waals surface area contributed by atoms with E-state index in [4.69, 9.17) is 9.84 Å². The molecule has 1 aliphatic heterocycles. The first-order valence-corrected chi connectivity index (χ1v) is 6.25. The molecule has 16 heavy (non-hydrogen) atoms. The summed E-state index contributed by atoms with van der Waals surface area (Å²) in [4.78, 5) is 12.8. The average molecular weight is 241 g/mol. The molecule has 1 fully saturated rings. The van der Waals surface area contributed by atoms with E-state index in [0.29, 0.717) is 13.2 Å². The van der Waals surface area contributed by atoms with Crippen molar-refractivity contribution in [3.8, 4) is 0 Å². The van der Waals surface area contributed by atoms with Gasteiger partial charge in [0.05, 0.1) is 19.1 Å². The summed E-state index contributed by atoms with van der Waals surface area (Å²) in [5.41, 5.74) is 1.29. The fraction of sp³-hybridized carbons (Fsp3) is 0.545. The van der Waals surface area contributed by atoms with Gasteiger partial charge in [-0.25, -0.2) is 0 Å². The number of morpholine rings is 1. The molecule has 5 heteroatoms. The fourth-order valence-electron chi connectivity index (χ4n) is 1.88. The van der Waals surface area contributed by atoms with Crippen LogP contribution in [0.3, 0.4) is 0 Å². The molecule has 1 N–H and O–H groups in total. The standard InChI is InChI=1S/C11H15NO3S/c13-11(14)5-10-7-12(2-3-15-10)6-9-1-4-16-8-9/h1,4,8,10H,2-3,5-7H2,(H,13,14). The van der Waals surface area contributed by atoms with Crippen molar-refractivity contribution < 1.29 is 14.6 Å². The minimum atomic E-state index is -0.789. The molecule has 0 amide bonds. The largest absolute Gasteiger partial charge is 0.481 e. The second kappa shape index (κ2) is 5.43. The summed E-state index contributed by atoms with van der Waals surface area (Å²) < 4.78 is 5.42. The number of rotatable bonds is 4. The molecule has 1 atom stereocenters. The van der Waals surface area contributed by atoms with Crippen molar-refractivity contribution in [3.63, 3.8) is 0 Å². The third-order valence-corrected chi connectivity index (χ3v) is 3.34. The van der Waals surface area contributed by atoms with Gasteiger partial charge in [0.1, 0.15) is 0 Å². The Morgan fingerprint density at radius 3 is 3.25 bits per heavy atom. The number of hydrogen-bond acceptors (Lipinski definition) is 4. The second-order valence-corrected chi connectivity index (χ2v) is 4.74. The maximum absolute atomic E-state index is 10.6.